The Hall–Kier alpha value is -1.91. The molecule has 2 aromatic heterocycles. The molecule has 33 heavy (non-hydrogen) atoms. The van der Waals surface area contributed by atoms with Gasteiger partial charge in [0.15, 0.2) is 9.34 Å². The van der Waals surface area contributed by atoms with Gasteiger partial charge in [0.1, 0.15) is 12.1 Å². The second-order valence-corrected chi connectivity index (χ2v) is 9.62. The van der Waals surface area contributed by atoms with Crippen LogP contribution in [0.4, 0.5) is 24.1 Å². The molecule has 2 heterocycles. The molecule has 0 unspecified atom stereocenters. The van der Waals surface area contributed by atoms with Crippen LogP contribution in [0.5, 0.6) is 0 Å². The molecule has 0 amide bonds. The molecule has 8 nitrogen and oxygen atoms in total. The van der Waals surface area contributed by atoms with Gasteiger partial charge in [0.25, 0.3) is 0 Å². The number of fused-ring (bicyclic) bond motifs is 1. The van der Waals surface area contributed by atoms with Crippen molar-refractivity contribution in [3.8, 4) is 0 Å². The maximum atomic E-state index is 12.8. The molecule has 1 atom stereocenters. The largest absolute Gasteiger partial charge is 1.00 e. The molecule has 3 rings (SSSR count). The summed E-state index contributed by atoms with van der Waals surface area (Å²) in [5.74, 6) is 0.355. The van der Waals surface area contributed by atoms with Crippen LogP contribution in [0.2, 0.25) is 0 Å². The Morgan fingerprint density at radius 1 is 1.21 bits per heavy atom. The number of nitrogens with zero attached hydrogens (tertiary/aromatic N) is 4. The second kappa shape index (κ2) is 12.0. The van der Waals surface area contributed by atoms with Crippen molar-refractivity contribution in [1.82, 2.24) is 19.3 Å². The first-order valence-corrected chi connectivity index (χ1v) is 11.4. The van der Waals surface area contributed by atoms with E-state index >= 15 is 0 Å². The van der Waals surface area contributed by atoms with E-state index in [1.165, 1.54) is 12.3 Å². The van der Waals surface area contributed by atoms with Gasteiger partial charge in [0.05, 0.1) is 17.3 Å². The van der Waals surface area contributed by atoms with Gasteiger partial charge in [0, 0.05) is 5.39 Å². The molecule has 0 aliphatic carbocycles. The quantitative estimate of drug-likeness (QED) is 0.383. The van der Waals surface area contributed by atoms with Crippen molar-refractivity contribution in [2.24, 2.45) is 0 Å². The van der Waals surface area contributed by atoms with Gasteiger partial charge in [-0.05, 0) is 12.1 Å². The Morgan fingerprint density at radius 3 is 2.33 bits per heavy atom. The number of nitrogen functional groups attached to an aromatic ring is 1. The van der Waals surface area contributed by atoms with Gasteiger partial charge in [-0.1, -0.05) is 24.3 Å². The number of hydrogen-bond donors (Lipinski definition) is 2. The second-order valence-electron chi connectivity index (χ2n) is 6.39. The van der Waals surface area contributed by atoms with Gasteiger partial charge in [-0.2, -0.15) is 13.2 Å². The predicted molar refractivity (Wildman–Crippen MR) is 119 cm³/mol. The number of hydrogen-bond acceptors (Lipinski definition) is 8. The van der Waals surface area contributed by atoms with E-state index in [0.717, 1.165) is 28.0 Å². The number of aromatic nitrogens is 3. The molecule has 3 N–H and O–H groups in total. The minimum atomic E-state index is -4.43. The van der Waals surface area contributed by atoms with Crippen molar-refractivity contribution in [1.29, 1.82) is 0 Å². The number of halogens is 3. The van der Waals surface area contributed by atoms with Crippen molar-refractivity contribution in [3.63, 3.8) is 0 Å². The summed E-state index contributed by atoms with van der Waals surface area (Å²) in [5, 5.41) is 3.47. The first kappa shape index (κ1) is 29.1. The zero-order valence-corrected chi connectivity index (χ0v) is 19.8. The fraction of sp³-hybridized carbons (Fsp3) is 0.263. The molecule has 0 saturated heterocycles. The summed E-state index contributed by atoms with van der Waals surface area (Å²) in [5.41, 5.74) is 4.48. The van der Waals surface area contributed by atoms with Crippen molar-refractivity contribution < 1.29 is 40.4 Å². The fourth-order valence-electron chi connectivity index (χ4n) is 2.54. The Morgan fingerprint density at radius 2 is 1.85 bits per heavy atom. The number of nitrogens with one attached hydrogen (secondary N) is 1. The maximum Gasteiger partial charge on any atom is 1.00 e. The molecule has 176 valence electrons. The van der Waals surface area contributed by atoms with Crippen LogP contribution in [0.1, 0.15) is 12.5 Å². The van der Waals surface area contributed by atoms with Gasteiger partial charge >= 0.3 is 25.0 Å². The third-order valence-corrected chi connectivity index (χ3v) is 7.11. The molecule has 0 spiro atoms. The predicted octanol–water partition coefficient (Wildman–Crippen LogP) is 0.671. The van der Waals surface area contributed by atoms with E-state index < -0.39 is 21.8 Å². The molecule has 0 bridgehead atoms. The number of thiazole rings is 1. The van der Waals surface area contributed by atoms with Crippen molar-refractivity contribution >= 4 is 43.2 Å². The molecule has 0 aliphatic heterocycles. The molecule has 0 fully saturated rings. The third-order valence-electron chi connectivity index (χ3n) is 3.95. The smallest absolute Gasteiger partial charge is 0.397 e. The molecule has 3 aromatic rings. The monoisotopic (exact) mass is 494 g/mol. The third kappa shape index (κ3) is 7.28. The van der Waals surface area contributed by atoms with Gasteiger partial charge in [-0.25, -0.2) is 23.4 Å². The first-order chi connectivity index (χ1) is 14.9. The van der Waals surface area contributed by atoms with E-state index in [0.29, 0.717) is 11.2 Å². The van der Waals surface area contributed by atoms with Crippen LogP contribution in [0.25, 0.3) is 10.9 Å². The van der Waals surface area contributed by atoms with Crippen molar-refractivity contribution in [2.45, 2.75) is 23.4 Å². The van der Waals surface area contributed by atoms with E-state index in [1.807, 2.05) is 0 Å². The first-order valence-electron chi connectivity index (χ1n) is 9.12. The van der Waals surface area contributed by atoms with Crippen molar-refractivity contribution in [2.75, 3.05) is 24.1 Å². The van der Waals surface area contributed by atoms with Crippen molar-refractivity contribution in [3.05, 3.63) is 57.1 Å². The average Bonchev–Trinajstić information content (AvgIpc) is 3.15. The number of alkyl halides is 3. The number of rotatable bonds is 6. The summed E-state index contributed by atoms with van der Waals surface area (Å²) in [6, 6.07) is 3.73. The molecule has 0 aliphatic rings. The topological polar surface area (TPSA) is 114 Å². The van der Waals surface area contributed by atoms with E-state index in [9.17, 15) is 21.6 Å². The van der Waals surface area contributed by atoms with Crippen LogP contribution in [0.3, 0.4) is 0 Å². The fourth-order valence-corrected chi connectivity index (χ4v) is 4.87. The van der Waals surface area contributed by atoms with Gasteiger partial charge < -0.3 is 31.8 Å². The zero-order valence-electron chi connectivity index (χ0n) is 18.1. The van der Waals surface area contributed by atoms with Crippen LogP contribution in [-0.2, 0) is 16.2 Å². The minimum Gasteiger partial charge on any atom is -0.397 e. The molecule has 14 heteroatoms. The van der Waals surface area contributed by atoms with Crippen LogP contribution in [0, 0.1) is 20.8 Å². The summed E-state index contributed by atoms with van der Waals surface area (Å²) >= 11 is 0.935. The normalized spacial score (nSPS) is 12.6. The summed E-state index contributed by atoms with van der Waals surface area (Å²) in [6.07, 6.45) is -2.07. The molecule has 0 saturated carbocycles. The summed E-state index contributed by atoms with van der Waals surface area (Å²) < 4.78 is 63.3. The van der Waals surface area contributed by atoms with E-state index in [2.05, 4.69) is 41.0 Å². The maximum absolute atomic E-state index is 12.8. The number of para-hydroxylation sites is 1. The van der Waals surface area contributed by atoms with Crippen LogP contribution in [0.15, 0.2) is 34.9 Å². The SMILES string of the molecule is [CH2-]CN(C[CH2-])S(=O)(=O)c1cnc(N)s1.[CH2-][C@H](C)Nc1ncnc2c(C(F)(F)F)cccc12.[Li+]. The zero-order chi connectivity index (χ0) is 24.1. The van der Waals surface area contributed by atoms with Crippen LogP contribution >= 0.6 is 11.3 Å². The minimum absolute atomic E-state index is 0. The number of sulfonamides is 1. The van der Waals surface area contributed by atoms with Gasteiger partial charge in [-0.15, -0.1) is 19.1 Å². The Kier molecular flexibility index (Phi) is 10.6. The summed E-state index contributed by atoms with van der Waals surface area (Å²) in [6.45, 7) is 12.8. The van der Waals surface area contributed by atoms with Gasteiger partial charge in [0.2, 0.25) is 10.0 Å². The Labute approximate surface area is 207 Å². The Bertz CT molecular complexity index is 1150. The summed E-state index contributed by atoms with van der Waals surface area (Å²) in [4.78, 5) is 11.3. The van der Waals surface area contributed by atoms with Gasteiger partial charge in [-0.3, -0.25) is 4.31 Å². The van der Waals surface area contributed by atoms with E-state index in [-0.39, 0.29) is 52.8 Å². The van der Waals surface area contributed by atoms with Crippen LogP contribution < -0.4 is 29.9 Å². The standard InChI is InChI=1S/C12H11F3N3.C7H11N3O2S2.Li/c1-7(2)18-11-8-4-3-5-9(12(13,14)15)10(8)16-6-17-11;1-3-10(4-2)14(11,12)6-5-9-7(8)13-6;/h3-7H,1H2,2H3,(H,16,17,18);5H,1-4H2,(H2,8,9);/q-1;-2;+1/t7-;;/m1../s1. The molecular weight excluding hydrogens is 472 g/mol. The number of benzene rings is 1. The number of anilines is 2. The van der Waals surface area contributed by atoms with E-state index in [1.54, 1.807) is 13.0 Å². The van der Waals surface area contributed by atoms with E-state index in [4.69, 9.17) is 5.73 Å². The molecule has 0 radical (unpaired) electrons. The van der Waals surface area contributed by atoms with Crippen LogP contribution in [-0.4, -0.2) is 46.8 Å². The Balaban J connectivity index is 0.000000331. The number of nitrogens with two attached hydrogens (primary N) is 1. The average molecular weight is 494 g/mol. The molecular formula is C19H22F3LiN6O2S2-2. The summed E-state index contributed by atoms with van der Waals surface area (Å²) in [7, 11) is -3.50. The molecule has 1 aromatic carbocycles.